The van der Waals surface area contributed by atoms with Crippen molar-refractivity contribution in [2.45, 2.75) is 44.9 Å². The van der Waals surface area contributed by atoms with Crippen LogP contribution in [-0.2, 0) is 11.2 Å². The summed E-state index contributed by atoms with van der Waals surface area (Å²) < 4.78 is 0.745. The summed E-state index contributed by atoms with van der Waals surface area (Å²) in [5, 5.41) is 9.55. The molecule has 0 unspecified atom stereocenters. The summed E-state index contributed by atoms with van der Waals surface area (Å²) in [4.78, 5) is 12.7. The van der Waals surface area contributed by atoms with Gasteiger partial charge >= 0.3 is 5.97 Å². The van der Waals surface area contributed by atoms with Gasteiger partial charge in [0, 0.05) is 4.88 Å². The van der Waals surface area contributed by atoms with Crippen LogP contribution < -0.4 is 0 Å². The highest BCUT2D eigenvalue weighted by Crippen LogP contribution is 2.40. The van der Waals surface area contributed by atoms with E-state index in [1.54, 1.807) is 0 Å². The minimum absolute atomic E-state index is 0.551. The molecule has 0 aliphatic heterocycles. The molecule has 0 spiro atoms. The molecule has 0 bridgehead atoms. The van der Waals surface area contributed by atoms with Gasteiger partial charge in [0.05, 0.1) is 9.75 Å². The Hall–Kier alpha value is -0.540. The number of hydrogen-bond acceptors (Lipinski definition) is 2. The molecule has 2 nitrogen and oxygen atoms in total. The summed E-state index contributed by atoms with van der Waals surface area (Å²) in [6.07, 6.45) is 6.65. The van der Waals surface area contributed by atoms with Crippen LogP contribution in [0.4, 0.5) is 0 Å². The third-order valence-electron chi connectivity index (χ3n) is 3.66. The number of aliphatic carboxylic acids is 1. The van der Waals surface area contributed by atoms with Crippen LogP contribution in [0.15, 0.2) is 12.1 Å². The molecule has 0 atom stereocenters. The molecule has 1 fully saturated rings. The molecule has 0 saturated heterocycles. The second kappa shape index (κ2) is 5.40. The third-order valence-corrected chi connectivity index (χ3v) is 4.89. The lowest BCUT2D eigenvalue weighted by Crippen LogP contribution is -2.32. The molecule has 0 aromatic carbocycles. The molecule has 1 saturated carbocycles. The van der Waals surface area contributed by atoms with Gasteiger partial charge in [-0.25, -0.2) is 0 Å². The zero-order chi connectivity index (χ0) is 12.3. The Morgan fingerprint density at radius 2 is 1.94 bits per heavy atom. The lowest BCUT2D eigenvalue weighted by Gasteiger charge is -2.27. The number of hydrogen-bond donors (Lipinski definition) is 1. The van der Waals surface area contributed by atoms with E-state index in [4.69, 9.17) is 11.6 Å². The van der Waals surface area contributed by atoms with Crippen LogP contribution in [0.3, 0.4) is 0 Å². The summed E-state index contributed by atoms with van der Waals surface area (Å²) in [5.74, 6) is -0.635. The fourth-order valence-corrected chi connectivity index (χ4v) is 3.88. The van der Waals surface area contributed by atoms with Crippen molar-refractivity contribution in [2.75, 3.05) is 0 Å². The van der Waals surface area contributed by atoms with Gasteiger partial charge in [-0.2, -0.15) is 0 Å². The zero-order valence-electron chi connectivity index (χ0n) is 9.75. The Morgan fingerprint density at radius 1 is 1.29 bits per heavy atom. The predicted molar refractivity (Wildman–Crippen MR) is 70.8 cm³/mol. The van der Waals surface area contributed by atoms with Crippen molar-refractivity contribution in [3.05, 3.63) is 21.3 Å². The maximum atomic E-state index is 11.6. The summed E-state index contributed by atoms with van der Waals surface area (Å²) in [7, 11) is 0. The number of halogens is 1. The Balaban J connectivity index is 2.18. The van der Waals surface area contributed by atoms with Crippen LogP contribution in [-0.4, -0.2) is 11.1 Å². The number of carboxylic acids is 1. The van der Waals surface area contributed by atoms with Crippen molar-refractivity contribution >= 4 is 28.9 Å². The quantitative estimate of drug-likeness (QED) is 0.830. The second-order valence-electron chi connectivity index (χ2n) is 4.88. The van der Waals surface area contributed by atoms with E-state index in [1.807, 2.05) is 12.1 Å². The topological polar surface area (TPSA) is 37.3 Å². The molecular formula is C13H17ClO2S. The van der Waals surface area contributed by atoms with Gasteiger partial charge < -0.3 is 5.11 Å². The predicted octanol–water partition coefficient (Wildman–Crippen LogP) is 4.37. The van der Waals surface area contributed by atoms with Crippen LogP contribution in [0, 0.1) is 5.41 Å². The van der Waals surface area contributed by atoms with Gasteiger partial charge in [-0.1, -0.05) is 37.3 Å². The van der Waals surface area contributed by atoms with Crippen LogP contribution in [0.5, 0.6) is 0 Å². The molecule has 1 aromatic heterocycles. The molecule has 4 heteroatoms. The summed E-state index contributed by atoms with van der Waals surface area (Å²) in [6, 6.07) is 3.82. The summed E-state index contributed by atoms with van der Waals surface area (Å²) in [5.41, 5.74) is -0.551. The first kappa shape index (κ1) is 12.9. The van der Waals surface area contributed by atoms with E-state index in [2.05, 4.69) is 0 Å². The molecule has 0 amide bonds. The first-order valence-corrected chi connectivity index (χ1v) is 7.29. The van der Waals surface area contributed by atoms with Crippen molar-refractivity contribution in [3.8, 4) is 0 Å². The minimum atomic E-state index is -0.635. The van der Waals surface area contributed by atoms with Crippen LogP contribution >= 0.6 is 22.9 Å². The summed E-state index contributed by atoms with van der Waals surface area (Å²) >= 11 is 7.41. The molecule has 2 rings (SSSR count). The maximum absolute atomic E-state index is 11.6. The lowest BCUT2D eigenvalue weighted by molar-refractivity contribution is -0.149. The molecule has 94 valence electrons. The standard InChI is InChI=1S/C13H17ClO2S/c14-11-6-5-10(17-11)9-13(12(15)16)7-3-1-2-4-8-13/h5-6H,1-4,7-9H2,(H,15,16). The number of carboxylic acid groups (broad SMARTS) is 1. The SMILES string of the molecule is O=C(O)C1(Cc2ccc(Cl)s2)CCCCCC1. The van der Waals surface area contributed by atoms with Gasteiger partial charge in [0.1, 0.15) is 0 Å². The molecular weight excluding hydrogens is 256 g/mol. The zero-order valence-corrected chi connectivity index (χ0v) is 11.3. The monoisotopic (exact) mass is 272 g/mol. The lowest BCUT2D eigenvalue weighted by atomic mass is 9.77. The van der Waals surface area contributed by atoms with E-state index in [9.17, 15) is 9.90 Å². The van der Waals surface area contributed by atoms with Crippen LogP contribution in [0.2, 0.25) is 4.34 Å². The van der Waals surface area contributed by atoms with Gasteiger partial charge in [-0.05, 0) is 31.4 Å². The van der Waals surface area contributed by atoms with Gasteiger partial charge in [0.25, 0.3) is 0 Å². The molecule has 1 heterocycles. The maximum Gasteiger partial charge on any atom is 0.309 e. The average molecular weight is 273 g/mol. The van der Waals surface area contributed by atoms with Gasteiger partial charge in [0.15, 0.2) is 0 Å². The number of thiophene rings is 1. The molecule has 1 aromatic rings. The Bertz CT molecular complexity index is 392. The first-order valence-electron chi connectivity index (χ1n) is 6.10. The van der Waals surface area contributed by atoms with Crippen molar-refractivity contribution < 1.29 is 9.90 Å². The molecule has 17 heavy (non-hydrogen) atoms. The van der Waals surface area contributed by atoms with E-state index < -0.39 is 11.4 Å². The largest absolute Gasteiger partial charge is 0.481 e. The van der Waals surface area contributed by atoms with E-state index >= 15 is 0 Å². The van der Waals surface area contributed by atoms with Crippen molar-refractivity contribution in [3.63, 3.8) is 0 Å². The van der Waals surface area contributed by atoms with Crippen LogP contribution in [0.1, 0.15) is 43.4 Å². The average Bonchev–Trinajstić information content (AvgIpc) is 2.54. The number of rotatable bonds is 3. The second-order valence-corrected chi connectivity index (χ2v) is 6.68. The van der Waals surface area contributed by atoms with E-state index in [0.717, 1.165) is 34.9 Å². The Kier molecular flexibility index (Phi) is 4.10. The highest BCUT2D eigenvalue weighted by Gasteiger charge is 2.38. The number of carbonyl (C=O) groups is 1. The summed E-state index contributed by atoms with van der Waals surface area (Å²) in [6.45, 7) is 0. The van der Waals surface area contributed by atoms with E-state index in [-0.39, 0.29) is 0 Å². The molecule has 1 aliphatic rings. The van der Waals surface area contributed by atoms with E-state index in [1.165, 1.54) is 24.2 Å². The van der Waals surface area contributed by atoms with Crippen LogP contribution in [0.25, 0.3) is 0 Å². The van der Waals surface area contributed by atoms with Crippen molar-refractivity contribution in [1.29, 1.82) is 0 Å². The Morgan fingerprint density at radius 3 is 2.41 bits per heavy atom. The normalized spacial score (nSPS) is 19.8. The molecule has 1 N–H and O–H groups in total. The highest BCUT2D eigenvalue weighted by atomic mass is 35.5. The molecule has 1 aliphatic carbocycles. The van der Waals surface area contributed by atoms with E-state index in [0.29, 0.717) is 6.42 Å². The minimum Gasteiger partial charge on any atom is -0.481 e. The van der Waals surface area contributed by atoms with Crippen molar-refractivity contribution in [1.82, 2.24) is 0 Å². The smallest absolute Gasteiger partial charge is 0.309 e. The fraction of sp³-hybridized carbons (Fsp3) is 0.615. The highest BCUT2D eigenvalue weighted by molar-refractivity contribution is 7.16. The first-order chi connectivity index (χ1) is 8.12. The van der Waals surface area contributed by atoms with Gasteiger partial charge in [-0.3, -0.25) is 4.79 Å². The molecule has 0 radical (unpaired) electrons. The van der Waals surface area contributed by atoms with Gasteiger partial charge in [-0.15, -0.1) is 11.3 Å². The van der Waals surface area contributed by atoms with Gasteiger partial charge in [0.2, 0.25) is 0 Å². The van der Waals surface area contributed by atoms with Crippen molar-refractivity contribution in [2.24, 2.45) is 5.41 Å². The Labute approximate surface area is 111 Å². The third kappa shape index (κ3) is 3.02. The fourth-order valence-electron chi connectivity index (χ4n) is 2.65.